The molecule has 1 aromatic carbocycles. The summed E-state index contributed by atoms with van der Waals surface area (Å²) in [6.07, 6.45) is 2.40. The third-order valence-corrected chi connectivity index (χ3v) is 4.67. The third kappa shape index (κ3) is 4.46. The molecule has 4 nitrogen and oxygen atoms in total. The number of methoxy groups -OCH3 is 1. The topological polar surface area (TPSA) is 45.7 Å². The zero-order valence-electron chi connectivity index (χ0n) is 13.7. The van der Waals surface area contributed by atoms with Crippen molar-refractivity contribution in [3.63, 3.8) is 0 Å². The average Bonchev–Trinajstić information content (AvgIpc) is 3.27. The molecule has 0 heterocycles. The number of hydrogen-bond donors (Lipinski definition) is 2. The molecule has 1 unspecified atom stereocenters. The number of aliphatic imine (C=N–C) groups is 1. The summed E-state index contributed by atoms with van der Waals surface area (Å²) < 4.78 is 6.36. The first-order valence-electron chi connectivity index (χ1n) is 7.90. The van der Waals surface area contributed by atoms with Crippen LogP contribution in [0.3, 0.4) is 0 Å². The van der Waals surface area contributed by atoms with Gasteiger partial charge in [0.05, 0.1) is 13.2 Å². The van der Waals surface area contributed by atoms with Gasteiger partial charge in [0.2, 0.25) is 0 Å². The van der Waals surface area contributed by atoms with E-state index in [9.17, 15) is 0 Å². The van der Waals surface area contributed by atoms with Crippen molar-refractivity contribution in [1.29, 1.82) is 0 Å². The fraction of sp³-hybridized carbons (Fsp3) is 0.588. The van der Waals surface area contributed by atoms with Gasteiger partial charge >= 0.3 is 0 Å². The van der Waals surface area contributed by atoms with Gasteiger partial charge in [-0.2, -0.15) is 0 Å². The number of hydrogen-bond acceptors (Lipinski definition) is 2. The summed E-state index contributed by atoms with van der Waals surface area (Å²) in [5.41, 5.74) is 1.58. The summed E-state index contributed by atoms with van der Waals surface area (Å²) in [6, 6.07) is 8.73. The second kappa shape index (κ2) is 7.97. The summed E-state index contributed by atoms with van der Waals surface area (Å²) >= 11 is 3.67. The van der Waals surface area contributed by atoms with Gasteiger partial charge in [0.15, 0.2) is 5.96 Å². The molecule has 1 aliphatic carbocycles. The Balaban J connectivity index is 2.05. The van der Waals surface area contributed by atoms with Crippen LogP contribution in [0.25, 0.3) is 0 Å². The highest BCUT2D eigenvalue weighted by Crippen LogP contribution is 2.50. The molecular formula is C17H26BrN3O. The maximum absolute atomic E-state index is 5.17. The number of guanidine groups is 1. The molecule has 0 aliphatic heterocycles. The lowest BCUT2D eigenvalue weighted by Gasteiger charge is -2.19. The Hall–Kier alpha value is -1.07. The monoisotopic (exact) mass is 367 g/mol. The van der Waals surface area contributed by atoms with Crippen LogP contribution in [-0.4, -0.2) is 38.8 Å². The van der Waals surface area contributed by atoms with E-state index in [4.69, 9.17) is 9.73 Å². The Kier molecular flexibility index (Phi) is 6.26. The molecule has 1 fully saturated rings. The lowest BCUT2D eigenvalue weighted by molar-refractivity contribution is 0.179. The van der Waals surface area contributed by atoms with Crippen molar-refractivity contribution in [1.82, 2.24) is 10.6 Å². The van der Waals surface area contributed by atoms with Gasteiger partial charge in [-0.05, 0) is 38.3 Å². The third-order valence-electron chi connectivity index (χ3n) is 3.98. The highest BCUT2D eigenvalue weighted by atomic mass is 79.9. The molecule has 0 spiro atoms. The number of halogens is 1. The second-order valence-corrected chi connectivity index (χ2v) is 6.81. The van der Waals surface area contributed by atoms with Crippen molar-refractivity contribution in [3.05, 3.63) is 34.3 Å². The Morgan fingerprint density at radius 2 is 2.14 bits per heavy atom. The largest absolute Gasteiger partial charge is 0.383 e. The van der Waals surface area contributed by atoms with Gasteiger partial charge in [0.1, 0.15) is 0 Å². The van der Waals surface area contributed by atoms with E-state index < -0.39 is 0 Å². The maximum atomic E-state index is 5.17. The van der Waals surface area contributed by atoms with E-state index in [0.717, 1.165) is 19.0 Å². The summed E-state index contributed by atoms with van der Waals surface area (Å²) in [6.45, 7) is 6.51. The molecule has 2 rings (SSSR count). The Bertz CT molecular complexity index is 514. The van der Waals surface area contributed by atoms with E-state index in [2.05, 4.69) is 64.7 Å². The zero-order valence-corrected chi connectivity index (χ0v) is 15.2. The summed E-state index contributed by atoms with van der Waals surface area (Å²) in [7, 11) is 1.72. The molecule has 1 aliphatic rings. The molecular weight excluding hydrogens is 342 g/mol. The van der Waals surface area contributed by atoms with E-state index in [-0.39, 0.29) is 11.5 Å². The maximum Gasteiger partial charge on any atom is 0.191 e. The van der Waals surface area contributed by atoms with Crippen molar-refractivity contribution in [3.8, 4) is 0 Å². The molecule has 1 aromatic rings. The molecule has 22 heavy (non-hydrogen) atoms. The van der Waals surface area contributed by atoms with E-state index in [0.29, 0.717) is 6.61 Å². The van der Waals surface area contributed by atoms with Crippen LogP contribution in [0, 0.1) is 0 Å². The van der Waals surface area contributed by atoms with Crippen LogP contribution < -0.4 is 10.6 Å². The van der Waals surface area contributed by atoms with Crippen LogP contribution in [0.5, 0.6) is 0 Å². The minimum atomic E-state index is 0.201. The Labute approximate surface area is 141 Å². The quantitative estimate of drug-likeness (QED) is 0.574. The van der Waals surface area contributed by atoms with Crippen molar-refractivity contribution in [2.75, 3.05) is 26.8 Å². The smallest absolute Gasteiger partial charge is 0.191 e. The van der Waals surface area contributed by atoms with Crippen molar-refractivity contribution < 1.29 is 4.74 Å². The minimum absolute atomic E-state index is 0.201. The second-order valence-electron chi connectivity index (χ2n) is 5.96. The Morgan fingerprint density at radius 1 is 1.41 bits per heavy atom. The molecule has 0 saturated heterocycles. The first-order valence-corrected chi connectivity index (χ1v) is 8.69. The predicted molar refractivity (Wildman–Crippen MR) is 95.5 cm³/mol. The molecule has 0 radical (unpaired) electrons. The van der Waals surface area contributed by atoms with Gasteiger partial charge in [0, 0.05) is 29.6 Å². The lowest BCUT2D eigenvalue weighted by Crippen LogP contribution is -2.44. The lowest BCUT2D eigenvalue weighted by atomic mass is 9.96. The molecule has 5 heteroatoms. The normalized spacial score (nSPS) is 17.9. The molecule has 0 aromatic heterocycles. The van der Waals surface area contributed by atoms with Crippen LogP contribution in [0.15, 0.2) is 33.7 Å². The first-order chi connectivity index (χ1) is 10.6. The molecule has 1 saturated carbocycles. The van der Waals surface area contributed by atoms with Crippen LogP contribution in [0.1, 0.15) is 32.3 Å². The highest BCUT2D eigenvalue weighted by molar-refractivity contribution is 9.10. The van der Waals surface area contributed by atoms with Crippen molar-refractivity contribution >= 4 is 21.9 Å². The highest BCUT2D eigenvalue weighted by Gasteiger charge is 2.45. The number of nitrogens with one attached hydrogen (secondary N) is 2. The van der Waals surface area contributed by atoms with Crippen LogP contribution >= 0.6 is 15.9 Å². The number of benzene rings is 1. The fourth-order valence-electron chi connectivity index (χ4n) is 2.63. The van der Waals surface area contributed by atoms with E-state index in [1.54, 1.807) is 7.11 Å². The van der Waals surface area contributed by atoms with Crippen LogP contribution in [0.2, 0.25) is 0 Å². The Morgan fingerprint density at radius 3 is 2.73 bits per heavy atom. The predicted octanol–water partition coefficient (Wildman–Crippen LogP) is 3.07. The zero-order chi connectivity index (χ0) is 16.0. The first kappa shape index (κ1) is 17.3. The van der Waals surface area contributed by atoms with Gasteiger partial charge in [-0.25, -0.2) is 0 Å². The number of nitrogens with zero attached hydrogens (tertiary/aromatic N) is 1. The SMILES string of the molecule is CCNC(=NCC1(c2ccccc2Br)CC1)NC(C)COC. The van der Waals surface area contributed by atoms with Gasteiger partial charge in [0.25, 0.3) is 0 Å². The molecule has 2 N–H and O–H groups in total. The molecule has 0 bridgehead atoms. The average molecular weight is 368 g/mol. The van der Waals surface area contributed by atoms with Gasteiger partial charge in [-0.3, -0.25) is 4.99 Å². The molecule has 122 valence electrons. The summed E-state index contributed by atoms with van der Waals surface area (Å²) in [5.74, 6) is 0.866. The summed E-state index contributed by atoms with van der Waals surface area (Å²) in [4.78, 5) is 4.81. The van der Waals surface area contributed by atoms with Crippen LogP contribution in [0.4, 0.5) is 0 Å². The van der Waals surface area contributed by atoms with Gasteiger partial charge in [-0.1, -0.05) is 34.1 Å². The minimum Gasteiger partial charge on any atom is -0.383 e. The van der Waals surface area contributed by atoms with Crippen molar-refractivity contribution in [2.24, 2.45) is 4.99 Å². The van der Waals surface area contributed by atoms with Crippen LogP contribution in [-0.2, 0) is 10.2 Å². The van der Waals surface area contributed by atoms with Gasteiger partial charge < -0.3 is 15.4 Å². The number of rotatable bonds is 7. The standard InChI is InChI=1S/C17H26BrN3O/c1-4-19-16(21-13(2)11-22-3)20-12-17(9-10-17)14-7-5-6-8-15(14)18/h5-8,13H,4,9-12H2,1-3H3,(H2,19,20,21). The number of ether oxygens (including phenoxy) is 1. The van der Waals surface area contributed by atoms with E-state index >= 15 is 0 Å². The fourth-order valence-corrected chi connectivity index (χ4v) is 3.34. The van der Waals surface area contributed by atoms with Gasteiger partial charge in [-0.15, -0.1) is 0 Å². The summed E-state index contributed by atoms with van der Waals surface area (Å²) in [5, 5.41) is 6.70. The van der Waals surface area contributed by atoms with E-state index in [1.807, 2.05) is 0 Å². The molecule has 1 atom stereocenters. The molecule has 0 amide bonds. The van der Waals surface area contributed by atoms with Crippen molar-refractivity contribution in [2.45, 2.75) is 38.1 Å². The van der Waals surface area contributed by atoms with E-state index in [1.165, 1.54) is 22.9 Å².